The molecule has 2 rings (SSSR count). The van der Waals surface area contributed by atoms with Gasteiger partial charge in [0.2, 0.25) is 0 Å². The van der Waals surface area contributed by atoms with Crippen molar-refractivity contribution < 1.29 is 23.8 Å². The third-order valence-electron chi connectivity index (χ3n) is 4.17. The van der Waals surface area contributed by atoms with Crippen molar-refractivity contribution in [3.8, 4) is 5.75 Å². The molecule has 27 heavy (non-hydrogen) atoms. The minimum Gasteiger partial charge on any atom is -0.548 e. The molecule has 0 unspecified atom stereocenters. The van der Waals surface area contributed by atoms with Gasteiger partial charge in [-0.05, 0) is 49.5 Å². The number of rotatable bonds is 9. The predicted octanol–water partition coefficient (Wildman–Crippen LogP) is 1.03. The number of benzene rings is 1. The number of nitrogens with one attached hydrogen (secondary N) is 1. The maximum Gasteiger partial charge on any atom is 0.336 e. The molecule has 0 saturated carbocycles. The Labute approximate surface area is 161 Å². The van der Waals surface area contributed by atoms with E-state index in [1.54, 1.807) is 19.1 Å². The molecule has 8 heteroatoms. The second-order valence-corrected chi connectivity index (χ2v) is 7.00. The van der Waals surface area contributed by atoms with E-state index in [2.05, 4.69) is 5.32 Å². The van der Waals surface area contributed by atoms with E-state index in [0.717, 1.165) is 10.9 Å². The molecular weight excluding hydrogens is 370 g/mol. The van der Waals surface area contributed by atoms with E-state index in [-0.39, 0.29) is 13.0 Å². The molecular formula is C19H22NO6S-. The number of thioether (sulfide) groups is 1. The van der Waals surface area contributed by atoms with Gasteiger partial charge in [-0.15, -0.1) is 0 Å². The largest absolute Gasteiger partial charge is 0.548 e. The van der Waals surface area contributed by atoms with Crippen molar-refractivity contribution >= 4 is 34.6 Å². The number of carboxylic acid groups (broad SMARTS) is 1. The fourth-order valence-corrected chi connectivity index (χ4v) is 3.19. The number of carboxylic acids is 1. The van der Waals surface area contributed by atoms with Gasteiger partial charge in [-0.1, -0.05) is 6.92 Å². The molecule has 0 bridgehead atoms. The molecule has 1 N–H and O–H groups in total. The minimum atomic E-state index is -1.33. The van der Waals surface area contributed by atoms with Crippen molar-refractivity contribution in [1.29, 1.82) is 0 Å². The van der Waals surface area contributed by atoms with Crippen LogP contribution in [0.1, 0.15) is 24.5 Å². The second-order valence-electron chi connectivity index (χ2n) is 6.02. The Kier molecular flexibility index (Phi) is 7.29. The molecule has 1 heterocycles. The highest BCUT2D eigenvalue weighted by molar-refractivity contribution is 7.98. The van der Waals surface area contributed by atoms with Crippen LogP contribution in [0, 0.1) is 6.92 Å². The van der Waals surface area contributed by atoms with Crippen LogP contribution in [-0.2, 0) is 16.0 Å². The van der Waals surface area contributed by atoms with Gasteiger partial charge in [-0.2, -0.15) is 11.8 Å². The third-order valence-corrected chi connectivity index (χ3v) is 4.81. The molecule has 0 aliphatic heterocycles. The van der Waals surface area contributed by atoms with Crippen LogP contribution < -0.4 is 20.8 Å². The van der Waals surface area contributed by atoms with Gasteiger partial charge in [0.25, 0.3) is 5.91 Å². The first kappa shape index (κ1) is 20.8. The SMILES string of the molecule is CCc1cc(=O)oc2c(C)c(OCC(=O)N[C@@H](CCSC)C(=O)[O-])ccc12. The summed E-state index contributed by atoms with van der Waals surface area (Å²) >= 11 is 1.48. The van der Waals surface area contributed by atoms with Gasteiger partial charge in [-0.25, -0.2) is 4.79 Å². The maximum atomic E-state index is 12.0. The quantitative estimate of drug-likeness (QED) is 0.635. The van der Waals surface area contributed by atoms with E-state index in [1.807, 2.05) is 13.2 Å². The first-order valence-electron chi connectivity index (χ1n) is 8.55. The number of hydrogen-bond donors (Lipinski definition) is 1. The zero-order valence-electron chi connectivity index (χ0n) is 15.5. The van der Waals surface area contributed by atoms with Crippen molar-refractivity contribution in [3.05, 3.63) is 39.7 Å². The van der Waals surface area contributed by atoms with Crippen molar-refractivity contribution in [3.63, 3.8) is 0 Å². The van der Waals surface area contributed by atoms with Crippen molar-refractivity contribution in [2.45, 2.75) is 32.7 Å². The maximum absolute atomic E-state index is 12.0. The summed E-state index contributed by atoms with van der Waals surface area (Å²) < 4.78 is 10.8. The number of aryl methyl sites for hydroxylation is 2. The Balaban J connectivity index is 2.12. The zero-order valence-corrected chi connectivity index (χ0v) is 16.3. The van der Waals surface area contributed by atoms with Crippen LogP contribution in [0.4, 0.5) is 0 Å². The van der Waals surface area contributed by atoms with Crippen molar-refractivity contribution in [2.75, 3.05) is 18.6 Å². The first-order valence-corrected chi connectivity index (χ1v) is 9.95. The van der Waals surface area contributed by atoms with E-state index in [1.165, 1.54) is 17.8 Å². The molecule has 0 aliphatic rings. The number of fused-ring (bicyclic) bond motifs is 1. The topological polar surface area (TPSA) is 109 Å². The molecule has 1 amide bonds. The van der Waals surface area contributed by atoms with Gasteiger partial charge in [0.05, 0.1) is 12.0 Å². The van der Waals surface area contributed by atoms with Crippen LogP contribution in [0.3, 0.4) is 0 Å². The van der Waals surface area contributed by atoms with Crippen molar-refractivity contribution in [1.82, 2.24) is 5.32 Å². The summed E-state index contributed by atoms with van der Waals surface area (Å²) in [6, 6.07) is 3.88. The van der Waals surface area contributed by atoms with Crippen LogP contribution in [0.2, 0.25) is 0 Å². The van der Waals surface area contributed by atoms with Gasteiger partial charge >= 0.3 is 5.63 Å². The summed E-state index contributed by atoms with van der Waals surface area (Å²) in [7, 11) is 0. The van der Waals surface area contributed by atoms with E-state index in [4.69, 9.17) is 9.15 Å². The number of carbonyl (C=O) groups is 2. The normalized spacial score (nSPS) is 12.0. The van der Waals surface area contributed by atoms with Gasteiger partial charge in [0, 0.05) is 17.0 Å². The third kappa shape index (κ3) is 5.26. The van der Waals surface area contributed by atoms with Gasteiger partial charge < -0.3 is 24.4 Å². The number of ether oxygens (including phenoxy) is 1. The number of aliphatic carboxylic acids is 1. The van der Waals surface area contributed by atoms with Gasteiger partial charge in [0.1, 0.15) is 11.3 Å². The monoisotopic (exact) mass is 392 g/mol. The number of amides is 1. The van der Waals surface area contributed by atoms with Gasteiger partial charge in [0.15, 0.2) is 6.61 Å². The summed E-state index contributed by atoms with van der Waals surface area (Å²) in [5, 5.41) is 14.3. The molecule has 0 aliphatic carbocycles. The Hall–Kier alpha value is -2.48. The first-order chi connectivity index (χ1) is 12.9. The van der Waals surface area contributed by atoms with Crippen LogP contribution in [-0.4, -0.2) is 36.5 Å². The van der Waals surface area contributed by atoms with Crippen LogP contribution >= 0.6 is 11.8 Å². The van der Waals surface area contributed by atoms with E-state index in [9.17, 15) is 19.5 Å². The lowest BCUT2D eigenvalue weighted by Gasteiger charge is -2.19. The number of carbonyl (C=O) groups excluding carboxylic acids is 2. The molecule has 7 nitrogen and oxygen atoms in total. The standard InChI is InChI=1S/C19H23NO6S/c1-4-12-9-17(22)26-18-11(2)15(6-5-13(12)18)25-10-16(21)20-14(19(23)24)7-8-27-3/h5-6,9,14H,4,7-8,10H2,1-3H3,(H,20,21)(H,23,24)/p-1/t14-/m0/s1. The zero-order chi connectivity index (χ0) is 20.0. The summed E-state index contributed by atoms with van der Waals surface area (Å²) in [5.74, 6) is -0.910. The molecule has 1 aromatic heterocycles. The predicted molar refractivity (Wildman–Crippen MR) is 102 cm³/mol. The summed E-state index contributed by atoms with van der Waals surface area (Å²) in [4.78, 5) is 34.8. The fourth-order valence-electron chi connectivity index (χ4n) is 2.72. The van der Waals surface area contributed by atoms with Crippen molar-refractivity contribution in [2.24, 2.45) is 0 Å². The molecule has 146 valence electrons. The molecule has 0 fully saturated rings. The Morgan fingerprint density at radius 2 is 2.11 bits per heavy atom. The fraction of sp³-hybridized carbons (Fsp3) is 0.421. The van der Waals surface area contributed by atoms with Crippen LogP contribution in [0.25, 0.3) is 11.0 Å². The Morgan fingerprint density at radius 3 is 2.74 bits per heavy atom. The number of hydrogen-bond acceptors (Lipinski definition) is 7. The second kappa shape index (κ2) is 9.45. The Bertz CT molecular complexity index is 892. The molecule has 0 saturated heterocycles. The Morgan fingerprint density at radius 1 is 1.37 bits per heavy atom. The molecule has 1 atom stereocenters. The highest BCUT2D eigenvalue weighted by atomic mass is 32.2. The molecule has 0 spiro atoms. The lowest BCUT2D eigenvalue weighted by Crippen LogP contribution is -2.49. The summed E-state index contributed by atoms with van der Waals surface area (Å²) in [6.07, 6.45) is 2.81. The van der Waals surface area contributed by atoms with Gasteiger partial charge in [-0.3, -0.25) is 4.79 Å². The summed E-state index contributed by atoms with van der Waals surface area (Å²) in [5.41, 5.74) is 1.46. The lowest BCUT2D eigenvalue weighted by molar-refractivity contribution is -0.308. The summed E-state index contributed by atoms with van der Waals surface area (Å²) in [6.45, 7) is 3.33. The smallest absolute Gasteiger partial charge is 0.336 e. The molecule has 2 aromatic rings. The molecule has 0 radical (unpaired) electrons. The van der Waals surface area contributed by atoms with Crippen LogP contribution in [0.15, 0.2) is 27.4 Å². The minimum absolute atomic E-state index is 0.273. The highest BCUT2D eigenvalue weighted by Gasteiger charge is 2.15. The molecule has 1 aromatic carbocycles. The average Bonchev–Trinajstić information content (AvgIpc) is 2.64. The highest BCUT2D eigenvalue weighted by Crippen LogP contribution is 2.28. The van der Waals surface area contributed by atoms with E-state index >= 15 is 0 Å². The van der Waals surface area contributed by atoms with Crippen LogP contribution in [0.5, 0.6) is 5.75 Å². The average molecular weight is 392 g/mol. The van der Waals surface area contributed by atoms with E-state index in [0.29, 0.717) is 29.1 Å². The lowest BCUT2D eigenvalue weighted by atomic mass is 10.0. The van der Waals surface area contributed by atoms with E-state index < -0.39 is 23.5 Å².